The maximum absolute atomic E-state index is 5.61. The summed E-state index contributed by atoms with van der Waals surface area (Å²) in [6, 6.07) is 14.7. The van der Waals surface area contributed by atoms with Gasteiger partial charge >= 0.3 is 0 Å². The Hall–Kier alpha value is -2.36. The predicted octanol–water partition coefficient (Wildman–Crippen LogP) is 3.92. The summed E-state index contributed by atoms with van der Waals surface area (Å²) in [5.74, 6) is 1.64. The predicted molar refractivity (Wildman–Crippen MR) is 94.8 cm³/mol. The zero-order chi connectivity index (χ0) is 16.1. The number of anilines is 2. The number of hydrogen-bond donors (Lipinski definition) is 1. The molecule has 0 atom stereocenters. The highest BCUT2D eigenvalue weighted by atomic mass is 16.6. The molecule has 0 bridgehead atoms. The lowest BCUT2D eigenvalue weighted by atomic mass is 10.2. The molecule has 0 saturated heterocycles. The van der Waals surface area contributed by atoms with Gasteiger partial charge in [0, 0.05) is 37.1 Å². The molecule has 0 saturated carbocycles. The van der Waals surface area contributed by atoms with Crippen LogP contribution in [0.25, 0.3) is 0 Å². The van der Waals surface area contributed by atoms with Crippen molar-refractivity contribution in [1.29, 1.82) is 0 Å². The molecule has 0 unspecified atom stereocenters. The molecule has 0 fully saturated rings. The van der Waals surface area contributed by atoms with Gasteiger partial charge in [0.05, 0.1) is 0 Å². The average Bonchev–Trinajstić information content (AvgIpc) is 2.62. The Bertz CT molecular complexity index is 636. The molecular formula is C19H24N2O2. The monoisotopic (exact) mass is 312 g/mol. The van der Waals surface area contributed by atoms with E-state index in [4.69, 9.17) is 9.47 Å². The lowest BCUT2D eigenvalue weighted by Gasteiger charge is -2.21. The lowest BCUT2D eigenvalue weighted by molar-refractivity contribution is 0.171. The molecule has 4 nitrogen and oxygen atoms in total. The molecule has 0 spiro atoms. The van der Waals surface area contributed by atoms with Gasteiger partial charge in [-0.1, -0.05) is 12.1 Å². The first-order valence-electron chi connectivity index (χ1n) is 8.27. The largest absolute Gasteiger partial charge is 0.486 e. The van der Waals surface area contributed by atoms with Crippen LogP contribution in [0.2, 0.25) is 0 Å². The number of benzene rings is 2. The van der Waals surface area contributed by atoms with Crippen molar-refractivity contribution in [2.24, 2.45) is 0 Å². The molecule has 2 aromatic carbocycles. The van der Waals surface area contributed by atoms with Gasteiger partial charge in [-0.15, -0.1) is 0 Å². The third-order valence-electron chi connectivity index (χ3n) is 4.10. The third kappa shape index (κ3) is 3.70. The van der Waals surface area contributed by atoms with Gasteiger partial charge in [-0.05, 0) is 43.7 Å². The Morgan fingerprint density at radius 3 is 2.30 bits per heavy atom. The molecule has 0 radical (unpaired) electrons. The van der Waals surface area contributed by atoms with Gasteiger partial charge < -0.3 is 19.7 Å². The fraction of sp³-hybridized carbons (Fsp3) is 0.368. The molecule has 1 aliphatic heterocycles. The lowest BCUT2D eigenvalue weighted by Crippen LogP contribution is -2.21. The average molecular weight is 312 g/mol. The number of hydrogen-bond acceptors (Lipinski definition) is 4. The van der Waals surface area contributed by atoms with Crippen molar-refractivity contribution in [2.45, 2.75) is 20.4 Å². The highest BCUT2D eigenvalue weighted by molar-refractivity contribution is 5.55. The minimum atomic E-state index is 0.614. The topological polar surface area (TPSA) is 33.7 Å². The molecule has 2 aromatic rings. The van der Waals surface area contributed by atoms with Crippen LogP contribution >= 0.6 is 0 Å². The molecule has 1 heterocycles. The van der Waals surface area contributed by atoms with Gasteiger partial charge in [-0.25, -0.2) is 0 Å². The maximum atomic E-state index is 5.61. The Labute approximate surface area is 138 Å². The van der Waals surface area contributed by atoms with Gasteiger partial charge in [-0.3, -0.25) is 0 Å². The van der Waals surface area contributed by atoms with Gasteiger partial charge in [0.15, 0.2) is 11.5 Å². The second-order valence-corrected chi connectivity index (χ2v) is 5.55. The molecule has 0 aromatic heterocycles. The zero-order valence-corrected chi connectivity index (χ0v) is 13.8. The van der Waals surface area contributed by atoms with Crippen LogP contribution in [0.5, 0.6) is 11.5 Å². The summed E-state index contributed by atoms with van der Waals surface area (Å²) >= 11 is 0. The second kappa shape index (κ2) is 7.27. The molecule has 0 aliphatic carbocycles. The normalized spacial score (nSPS) is 12.8. The van der Waals surface area contributed by atoms with Crippen molar-refractivity contribution in [3.63, 3.8) is 0 Å². The van der Waals surface area contributed by atoms with Crippen molar-refractivity contribution >= 4 is 11.4 Å². The van der Waals surface area contributed by atoms with Crippen molar-refractivity contribution in [1.82, 2.24) is 0 Å². The number of rotatable bonds is 6. The smallest absolute Gasteiger partial charge is 0.163 e. The fourth-order valence-corrected chi connectivity index (χ4v) is 2.77. The summed E-state index contributed by atoms with van der Waals surface area (Å²) in [4.78, 5) is 2.35. The summed E-state index contributed by atoms with van der Waals surface area (Å²) in [5, 5.41) is 3.44. The third-order valence-corrected chi connectivity index (χ3v) is 4.10. The van der Waals surface area contributed by atoms with Crippen molar-refractivity contribution in [3.8, 4) is 11.5 Å². The van der Waals surface area contributed by atoms with Gasteiger partial charge in [0.25, 0.3) is 0 Å². The van der Waals surface area contributed by atoms with E-state index in [0.29, 0.717) is 13.2 Å². The molecule has 23 heavy (non-hydrogen) atoms. The van der Waals surface area contributed by atoms with Crippen LogP contribution in [-0.4, -0.2) is 26.3 Å². The summed E-state index contributed by atoms with van der Waals surface area (Å²) in [7, 11) is 0. The Morgan fingerprint density at radius 1 is 0.913 bits per heavy atom. The van der Waals surface area contributed by atoms with E-state index >= 15 is 0 Å². The highest BCUT2D eigenvalue weighted by Crippen LogP contribution is 2.32. The van der Waals surface area contributed by atoms with Crippen LogP contribution in [0.1, 0.15) is 19.4 Å². The van der Waals surface area contributed by atoms with E-state index in [1.165, 1.54) is 11.3 Å². The fourth-order valence-electron chi connectivity index (χ4n) is 2.77. The summed E-state index contributed by atoms with van der Waals surface area (Å²) in [6.45, 7) is 8.46. The van der Waals surface area contributed by atoms with Crippen LogP contribution in [-0.2, 0) is 6.54 Å². The summed E-state index contributed by atoms with van der Waals surface area (Å²) in [6.07, 6.45) is 0. The summed E-state index contributed by atoms with van der Waals surface area (Å²) < 4.78 is 11.2. The molecular weight excluding hydrogens is 288 g/mol. The van der Waals surface area contributed by atoms with Crippen LogP contribution in [0.4, 0.5) is 11.4 Å². The van der Waals surface area contributed by atoms with Crippen LogP contribution in [0.3, 0.4) is 0 Å². The van der Waals surface area contributed by atoms with E-state index in [1.807, 2.05) is 18.2 Å². The quantitative estimate of drug-likeness (QED) is 0.876. The molecule has 0 amide bonds. The van der Waals surface area contributed by atoms with E-state index in [2.05, 4.69) is 48.3 Å². The first-order chi connectivity index (χ1) is 11.3. The van der Waals surface area contributed by atoms with Gasteiger partial charge in [-0.2, -0.15) is 0 Å². The minimum Gasteiger partial charge on any atom is -0.486 e. The van der Waals surface area contributed by atoms with E-state index < -0.39 is 0 Å². The SMILES string of the molecule is CCN(CC)c1ccc(CNc2ccc3c(c2)OCCO3)cc1. The molecule has 4 heteroatoms. The van der Waals surface area contributed by atoms with Crippen LogP contribution in [0, 0.1) is 0 Å². The second-order valence-electron chi connectivity index (χ2n) is 5.55. The Morgan fingerprint density at radius 2 is 1.61 bits per heavy atom. The number of fused-ring (bicyclic) bond motifs is 1. The van der Waals surface area contributed by atoms with E-state index in [-0.39, 0.29) is 0 Å². The Balaban J connectivity index is 1.62. The maximum Gasteiger partial charge on any atom is 0.163 e. The zero-order valence-electron chi connectivity index (χ0n) is 13.8. The standard InChI is InChI=1S/C19H24N2O2/c1-3-21(4-2)17-8-5-15(6-9-17)14-20-16-7-10-18-19(13-16)23-12-11-22-18/h5-10,13,20H,3-4,11-12,14H2,1-2H3. The van der Waals surface area contributed by atoms with Crippen molar-refractivity contribution < 1.29 is 9.47 Å². The molecule has 122 valence electrons. The first-order valence-corrected chi connectivity index (χ1v) is 8.27. The molecule has 1 N–H and O–H groups in total. The van der Waals surface area contributed by atoms with Gasteiger partial charge in [0.2, 0.25) is 0 Å². The van der Waals surface area contributed by atoms with E-state index in [1.54, 1.807) is 0 Å². The van der Waals surface area contributed by atoms with Gasteiger partial charge in [0.1, 0.15) is 13.2 Å². The number of nitrogens with one attached hydrogen (secondary N) is 1. The molecule has 3 rings (SSSR count). The minimum absolute atomic E-state index is 0.614. The Kier molecular flexibility index (Phi) is 4.91. The molecule has 1 aliphatic rings. The number of nitrogens with zero attached hydrogens (tertiary/aromatic N) is 1. The van der Waals surface area contributed by atoms with Crippen molar-refractivity contribution in [3.05, 3.63) is 48.0 Å². The first kappa shape index (κ1) is 15.5. The summed E-state index contributed by atoms with van der Waals surface area (Å²) in [5.41, 5.74) is 3.58. The van der Waals surface area contributed by atoms with Crippen LogP contribution < -0.4 is 19.7 Å². The van der Waals surface area contributed by atoms with E-state index in [0.717, 1.165) is 36.8 Å². The van der Waals surface area contributed by atoms with Crippen LogP contribution in [0.15, 0.2) is 42.5 Å². The van der Waals surface area contributed by atoms with Crippen molar-refractivity contribution in [2.75, 3.05) is 36.5 Å². The highest BCUT2D eigenvalue weighted by Gasteiger charge is 2.11. The number of ether oxygens (including phenoxy) is 2. The van der Waals surface area contributed by atoms with E-state index in [9.17, 15) is 0 Å².